The zero-order valence-electron chi connectivity index (χ0n) is 20.5. The Balaban J connectivity index is 1.86. The van der Waals surface area contributed by atoms with E-state index in [0.717, 1.165) is 10.5 Å². The van der Waals surface area contributed by atoms with Gasteiger partial charge in [-0.15, -0.1) is 0 Å². The van der Waals surface area contributed by atoms with E-state index in [9.17, 15) is 14.7 Å². The third-order valence-corrected chi connectivity index (χ3v) is 6.24. The first-order valence-electron chi connectivity index (χ1n) is 11.5. The van der Waals surface area contributed by atoms with E-state index < -0.39 is 23.6 Å². The lowest BCUT2D eigenvalue weighted by atomic mass is 9.83. The molecule has 2 amide bonds. The quantitative estimate of drug-likeness (QED) is 0.587. The van der Waals surface area contributed by atoms with Crippen molar-refractivity contribution < 1.29 is 28.9 Å². The Hall–Kier alpha value is -2.97. The third-order valence-electron chi connectivity index (χ3n) is 6.24. The van der Waals surface area contributed by atoms with Gasteiger partial charge in [0.2, 0.25) is 11.8 Å². The molecule has 184 valence electrons. The fourth-order valence-corrected chi connectivity index (χ4v) is 4.15. The molecule has 0 spiro atoms. The standard InChI is InChI=1S/C26H34N2O6/c1-6-26(31,14-22(29)28-21(25(2,3)4)17-34-24(28)30)20-12-13-27-23(32-5)19(20)16-33-15-18-10-8-7-9-11-18/h7-13,21,31H,6,14-17H2,1-5H3/t21-,26+/m1/s1. The largest absolute Gasteiger partial charge is 0.481 e. The highest BCUT2D eigenvalue weighted by Crippen LogP contribution is 2.37. The molecule has 1 fully saturated rings. The molecule has 1 aromatic heterocycles. The van der Waals surface area contributed by atoms with Gasteiger partial charge in [-0.3, -0.25) is 4.79 Å². The Morgan fingerprint density at radius 3 is 2.53 bits per heavy atom. The first-order chi connectivity index (χ1) is 16.1. The van der Waals surface area contributed by atoms with Crippen molar-refractivity contribution in [1.82, 2.24) is 9.88 Å². The first-order valence-corrected chi connectivity index (χ1v) is 11.5. The van der Waals surface area contributed by atoms with Gasteiger partial charge in [-0.2, -0.15) is 0 Å². The van der Waals surface area contributed by atoms with E-state index in [1.807, 2.05) is 51.1 Å². The molecule has 2 atom stereocenters. The molecule has 1 N–H and O–H groups in total. The number of amides is 2. The van der Waals surface area contributed by atoms with Crippen molar-refractivity contribution in [3.8, 4) is 5.88 Å². The number of carbonyl (C=O) groups excluding carboxylic acids is 2. The molecule has 1 aromatic carbocycles. The highest BCUT2D eigenvalue weighted by molar-refractivity contribution is 5.94. The van der Waals surface area contributed by atoms with Gasteiger partial charge in [-0.25, -0.2) is 14.7 Å². The van der Waals surface area contributed by atoms with E-state index in [0.29, 0.717) is 23.6 Å². The number of aliphatic hydroxyl groups is 1. The molecule has 1 aliphatic rings. The number of imide groups is 1. The molecular formula is C26H34N2O6. The van der Waals surface area contributed by atoms with Crippen molar-refractivity contribution in [3.63, 3.8) is 0 Å². The monoisotopic (exact) mass is 470 g/mol. The predicted molar refractivity (Wildman–Crippen MR) is 126 cm³/mol. The number of carbonyl (C=O) groups is 2. The maximum Gasteiger partial charge on any atom is 0.416 e. The Bertz CT molecular complexity index is 1000. The average molecular weight is 471 g/mol. The lowest BCUT2D eigenvalue weighted by Gasteiger charge is -2.34. The van der Waals surface area contributed by atoms with Crippen molar-refractivity contribution in [2.24, 2.45) is 5.41 Å². The van der Waals surface area contributed by atoms with Crippen molar-refractivity contribution in [2.75, 3.05) is 13.7 Å². The van der Waals surface area contributed by atoms with Crippen LogP contribution in [-0.4, -0.2) is 46.7 Å². The molecule has 3 rings (SSSR count). The summed E-state index contributed by atoms with van der Waals surface area (Å²) in [5.74, 6) is -0.170. The highest BCUT2D eigenvalue weighted by atomic mass is 16.6. The predicted octanol–water partition coefficient (Wildman–Crippen LogP) is 4.19. The van der Waals surface area contributed by atoms with E-state index in [4.69, 9.17) is 14.2 Å². The summed E-state index contributed by atoms with van der Waals surface area (Å²) in [5.41, 5.74) is 0.151. The van der Waals surface area contributed by atoms with Gasteiger partial charge >= 0.3 is 6.09 Å². The van der Waals surface area contributed by atoms with Crippen molar-refractivity contribution >= 4 is 12.0 Å². The third kappa shape index (κ3) is 5.56. The Kier molecular flexibility index (Phi) is 7.94. The lowest BCUT2D eigenvalue weighted by Crippen LogP contribution is -2.48. The van der Waals surface area contributed by atoms with Crippen LogP contribution in [0.1, 0.15) is 57.2 Å². The van der Waals surface area contributed by atoms with Gasteiger partial charge in [0.1, 0.15) is 6.61 Å². The van der Waals surface area contributed by atoms with Crippen LogP contribution in [0.4, 0.5) is 4.79 Å². The van der Waals surface area contributed by atoms with Crippen LogP contribution in [0.5, 0.6) is 5.88 Å². The van der Waals surface area contributed by atoms with Gasteiger partial charge in [-0.1, -0.05) is 58.0 Å². The number of pyridine rings is 1. The molecule has 1 aliphatic heterocycles. The minimum Gasteiger partial charge on any atom is -0.481 e. The number of rotatable bonds is 9. The number of aromatic nitrogens is 1. The summed E-state index contributed by atoms with van der Waals surface area (Å²) in [6.07, 6.45) is 0.800. The number of ether oxygens (including phenoxy) is 3. The van der Waals surface area contributed by atoms with E-state index >= 15 is 0 Å². The van der Waals surface area contributed by atoms with Gasteiger partial charge in [0, 0.05) is 11.8 Å². The van der Waals surface area contributed by atoms with Crippen LogP contribution in [0.15, 0.2) is 42.6 Å². The van der Waals surface area contributed by atoms with E-state index in [-0.39, 0.29) is 31.5 Å². The normalized spacial score (nSPS) is 17.9. The molecule has 0 radical (unpaired) electrons. The number of benzene rings is 1. The molecule has 0 bridgehead atoms. The number of cyclic esters (lactones) is 1. The van der Waals surface area contributed by atoms with Crippen LogP contribution in [0.2, 0.25) is 0 Å². The Labute approximate surface area is 200 Å². The zero-order valence-corrected chi connectivity index (χ0v) is 20.5. The van der Waals surface area contributed by atoms with Crippen LogP contribution < -0.4 is 4.74 Å². The summed E-state index contributed by atoms with van der Waals surface area (Å²) in [7, 11) is 1.50. The maximum absolute atomic E-state index is 13.3. The summed E-state index contributed by atoms with van der Waals surface area (Å²) in [6.45, 7) is 8.27. The van der Waals surface area contributed by atoms with Crippen LogP contribution in [-0.2, 0) is 33.1 Å². The SMILES string of the molecule is CC[C@](O)(CC(=O)N1C(=O)OC[C@@H]1C(C)(C)C)c1ccnc(OC)c1COCc1ccccc1. The summed E-state index contributed by atoms with van der Waals surface area (Å²) < 4.78 is 16.5. The van der Waals surface area contributed by atoms with Crippen molar-refractivity contribution in [3.05, 3.63) is 59.3 Å². The molecule has 1 saturated heterocycles. The van der Waals surface area contributed by atoms with Crippen LogP contribution in [0, 0.1) is 5.41 Å². The fraction of sp³-hybridized carbons (Fsp3) is 0.500. The second-order valence-electron chi connectivity index (χ2n) is 9.61. The molecule has 0 saturated carbocycles. The molecule has 0 unspecified atom stereocenters. The summed E-state index contributed by atoms with van der Waals surface area (Å²) in [4.78, 5) is 31.1. The molecule has 34 heavy (non-hydrogen) atoms. The van der Waals surface area contributed by atoms with Gasteiger partial charge in [0.05, 0.1) is 38.4 Å². The van der Waals surface area contributed by atoms with Gasteiger partial charge in [0.25, 0.3) is 0 Å². The van der Waals surface area contributed by atoms with Crippen molar-refractivity contribution in [2.45, 2.75) is 65.4 Å². The van der Waals surface area contributed by atoms with E-state index in [1.54, 1.807) is 13.0 Å². The van der Waals surface area contributed by atoms with Gasteiger partial charge in [-0.05, 0) is 29.0 Å². The van der Waals surface area contributed by atoms with E-state index in [2.05, 4.69) is 4.98 Å². The number of nitrogens with zero attached hydrogens (tertiary/aromatic N) is 2. The number of hydrogen-bond acceptors (Lipinski definition) is 7. The minimum absolute atomic E-state index is 0.133. The molecule has 0 aliphatic carbocycles. The van der Waals surface area contributed by atoms with Crippen molar-refractivity contribution in [1.29, 1.82) is 0 Å². The Morgan fingerprint density at radius 1 is 1.21 bits per heavy atom. The second-order valence-corrected chi connectivity index (χ2v) is 9.61. The summed E-state index contributed by atoms with van der Waals surface area (Å²) in [6, 6.07) is 11.0. The fourth-order valence-electron chi connectivity index (χ4n) is 4.15. The van der Waals surface area contributed by atoms with Gasteiger partial charge in [0.15, 0.2) is 0 Å². The molecule has 2 aromatic rings. The second kappa shape index (κ2) is 10.5. The topological polar surface area (TPSA) is 98.2 Å². The smallest absolute Gasteiger partial charge is 0.416 e. The minimum atomic E-state index is -1.55. The van der Waals surface area contributed by atoms with Crippen LogP contribution in [0.3, 0.4) is 0 Å². The van der Waals surface area contributed by atoms with Crippen LogP contribution in [0.25, 0.3) is 0 Å². The highest BCUT2D eigenvalue weighted by Gasteiger charge is 2.46. The summed E-state index contributed by atoms with van der Waals surface area (Å²) >= 11 is 0. The maximum atomic E-state index is 13.3. The average Bonchev–Trinajstić information content (AvgIpc) is 3.22. The molecule has 8 nitrogen and oxygen atoms in total. The van der Waals surface area contributed by atoms with E-state index in [1.165, 1.54) is 13.3 Å². The number of methoxy groups -OCH3 is 1. The molecular weight excluding hydrogens is 436 g/mol. The van der Waals surface area contributed by atoms with Gasteiger partial charge < -0.3 is 19.3 Å². The van der Waals surface area contributed by atoms with Crippen LogP contribution >= 0.6 is 0 Å². The molecule has 2 heterocycles. The first kappa shape index (κ1) is 25.6. The lowest BCUT2D eigenvalue weighted by molar-refractivity contribution is -0.136. The summed E-state index contributed by atoms with van der Waals surface area (Å²) in [5, 5.41) is 11.7. The number of hydrogen-bond donors (Lipinski definition) is 1. The Morgan fingerprint density at radius 2 is 1.91 bits per heavy atom. The molecule has 8 heteroatoms. The zero-order chi connectivity index (χ0) is 24.9.